The second-order valence-electron chi connectivity index (χ2n) is 4.51. The van der Waals surface area contributed by atoms with E-state index in [0.717, 1.165) is 21.8 Å². The van der Waals surface area contributed by atoms with Gasteiger partial charge in [-0.2, -0.15) is 0 Å². The summed E-state index contributed by atoms with van der Waals surface area (Å²) in [6, 6.07) is 10.8. The van der Waals surface area contributed by atoms with Crippen LogP contribution in [0.2, 0.25) is 5.02 Å². The van der Waals surface area contributed by atoms with E-state index in [1.54, 1.807) is 11.3 Å². The maximum Gasteiger partial charge on any atom is 0.0888 e. The molecule has 0 aliphatic carbocycles. The summed E-state index contributed by atoms with van der Waals surface area (Å²) in [4.78, 5) is 1.25. The van der Waals surface area contributed by atoms with Crippen molar-refractivity contribution in [3.63, 3.8) is 0 Å². The van der Waals surface area contributed by atoms with Crippen LogP contribution < -0.4 is 5.32 Å². The molecule has 102 valence electrons. The largest absolute Gasteiger partial charge is 0.306 e. The number of aryl methyl sites for hydroxylation is 1. The van der Waals surface area contributed by atoms with Crippen molar-refractivity contribution in [1.29, 1.82) is 0 Å². The predicted molar refractivity (Wildman–Crippen MR) is 88.3 cm³/mol. The lowest BCUT2D eigenvalue weighted by Gasteiger charge is -2.19. The zero-order valence-corrected chi connectivity index (χ0v) is 14.2. The van der Waals surface area contributed by atoms with E-state index in [2.05, 4.69) is 65.4 Å². The molecule has 0 fully saturated rings. The van der Waals surface area contributed by atoms with Gasteiger partial charge in [-0.05, 0) is 53.0 Å². The normalized spacial score (nSPS) is 12.6. The summed E-state index contributed by atoms with van der Waals surface area (Å²) in [6.45, 7) is 5.32. The standard InChI is InChI=1S/C15H17BrClNS/c1-3-8-18-14(11-7-5-4-6-10(11)2)13-9-12(17)15(16)19-13/h4-7,9,14,18H,3,8H2,1-2H3. The monoisotopic (exact) mass is 357 g/mol. The van der Waals surface area contributed by atoms with Crippen molar-refractivity contribution in [1.82, 2.24) is 5.32 Å². The highest BCUT2D eigenvalue weighted by Gasteiger charge is 2.18. The SMILES string of the molecule is CCCNC(c1cc(Cl)c(Br)s1)c1ccccc1C. The smallest absolute Gasteiger partial charge is 0.0888 e. The molecular formula is C15H17BrClNS. The van der Waals surface area contributed by atoms with E-state index in [0.29, 0.717) is 0 Å². The maximum atomic E-state index is 6.17. The Morgan fingerprint density at radius 1 is 1.37 bits per heavy atom. The van der Waals surface area contributed by atoms with Crippen molar-refractivity contribution < 1.29 is 0 Å². The first-order chi connectivity index (χ1) is 9.13. The van der Waals surface area contributed by atoms with Crippen LogP contribution in [0.4, 0.5) is 0 Å². The average molecular weight is 359 g/mol. The molecule has 0 saturated heterocycles. The fourth-order valence-corrected chi connectivity index (χ4v) is 3.91. The Morgan fingerprint density at radius 2 is 2.11 bits per heavy atom. The fraction of sp³-hybridized carbons (Fsp3) is 0.333. The maximum absolute atomic E-state index is 6.17. The van der Waals surface area contributed by atoms with Crippen LogP contribution in [0.1, 0.15) is 35.4 Å². The van der Waals surface area contributed by atoms with Crippen molar-refractivity contribution in [3.05, 3.63) is 55.1 Å². The first-order valence-corrected chi connectivity index (χ1v) is 8.36. The average Bonchev–Trinajstić information content (AvgIpc) is 2.72. The zero-order chi connectivity index (χ0) is 13.8. The van der Waals surface area contributed by atoms with E-state index in [1.165, 1.54) is 16.0 Å². The molecule has 1 unspecified atom stereocenters. The van der Waals surface area contributed by atoms with Gasteiger partial charge in [0.25, 0.3) is 0 Å². The molecule has 1 aromatic carbocycles. The van der Waals surface area contributed by atoms with Gasteiger partial charge in [0.05, 0.1) is 14.9 Å². The molecule has 4 heteroatoms. The lowest BCUT2D eigenvalue weighted by atomic mass is 10.00. The minimum Gasteiger partial charge on any atom is -0.306 e. The van der Waals surface area contributed by atoms with Crippen LogP contribution in [0, 0.1) is 6.92 Å². The van der Waals surface area contributed by atoms with Crippen molar-refractivity contribution in [2.45, 2.75) is 26.3 Å². The van der Waals surface area contributed by atoms with Gasteiger partial charge in [0.1, 0.15) is 0 Å². The minimum atomic E-state index is 0.218. The van der Waals surface area contributed by atoms with Crippen LogP contribution in [0.25, 0.3) is 0 Å². The van der Waals surface area contributed by atoms with Crippen LogP contribution in [0.15, 0.2) is 34.1 Å². The van der Waals surface area contributed by atoms with E-state index in [1.807, 2.05) is 0 Å². The molecule has 0 radical (unpaired) electrons. The van der Waals surface area contributed by atoms with Crippen molar-refractivity contribution in [2.24, 2.45) is 0 Å². The van der Waals surface area contributed by atoms with Crippen LogP contribution >= 0.6 is 38.9 Å². The summed E-state index contributed by atoms with van der Waals surface area (Å²) in [5, 5.41) is 4.40. The molecular weight excluding hydrogens is 342 g/mol. The van der Waals surface area contributed by atoms with Crippen LogP contribution in [-0.2, 0) is 0 Å². The van der Waals surface area contributed by atoms with E-state index in [-0.39, 0.29) is 6.04 Å². The Hall–Kier alpha value is -0.350. The van der Waals surface area contributed by atoms with Gasteiger partial charge in [-0.1, -0.05) is 42.8 Å². The van der Waals surface area contributed by atoms with Crippen LogP contribution in [-0.4, -0.2) is 6.54 Å². The van der Waals surface area contributed by atoms with E-state index in [4.69, 9.17) is 11.6 Å². The number of hydrogen-bond donors (Lipinski definition) is 1. The molecule has 19 heavy (non-hydrogen) atoms. The van der Waals surface area contributed by atoms with Gasteiger partial charge in [0.2, 0.25) is 0 Å². The number of halogens is 2. The summed E-state index contributed by atoms with van der Waals surface area (Å²) >= 11 is 11.4. The highest BCUT2D eigenvalue weighted by atomic mass is 79.9. The Morgan fingerprint density at radius 3 is 2.68 bits per heavy atom. The summed E-state index contributed by atoms with van der Waals surface area (Å²) in [7, 11) is 0. The van der Waals surface area contributed by atoms with Crippen LogP contribution in [0.3, 0.4) is 0 Å². The van der Waals surface area contributed by atoms with E-state index in [9.17, 15) is 0 Å². The summed E-state index contributed by atoms with van der Waals surface area (Å²) in [6.07, 6.45) is 1.11. The van der Waals surface area contributed by atoms with E-state index < -0.39 is 0 Å². The molecule has 0 bridgehead atoms. The third kappa shape index (κ3) is 3.60. The third-order valence-corrected chi connectivity index (χ3v) is 5.59. The number of benzene rings is 1. The quantitative estimate of drug-likeness (QED) is 0.737. The molecule has 0 amide bonds. The van der Waals surface area contributed by atoms with Gasteiger partial charge in [0.15, 0.2) is 0 Å². The first kappa shape index (κ1) is 15.0. The summed E-state index contributed by atoms with van der Waals surface area (Å²) < 4.78 is 1.00. The fourth-order valence-electron chi connectivity index (χ4n) is 2.07. The van der Waals surface area contributed by atoms with Gasteiger partial charge in [0, 0.05) is 4.88 Å². The number of thiophene rings is 1. The van der Waals surface area contributed by atoms with Gasteiger partial charge in [-0.25, -0.2) is 0 Å². The molecule has 1 atom stereocenters. The highest BCUT2D eigenvalue weighted by molar-refractivity contribution is 9.11. The number of nitrogens with one attached hydrogen (secondary N) is 1. The van der Waals surface area contributed by atoms with Gasteiger partial charge in [-0.3, -0.25) is 0 Å². The Kier molecular flexibility index (Phi) is 5.46. The zero-order valence-electron chi connectivity index (χ0n) is 11.0. The molecule has 1 N–H and O–H groups in total. The van der Waals surface area contributed by atoms with Crippen molar-refractivity contribution in [3.8, 4) is 0 Å². The second-order valence-corrected chi connectivity index (χ2v) is 7.32. The Bertz CT molecular complexity index is 533. The number of rotatable bonds is 5. The van der Waals surface area contributed by atoms with Gasteiger partial charge >= 0.3 is 0 Å². The van der Waals surface area contributed by atoms with E-state index >= 15 is 0 Å². The minimum absolute atomic E-state index is 0.218. The first-order valence-electron chi connectivity index (χ1n) is 6.37. The van der Waals surface area contributed by atoms with Crippen molar-refractivity contribution in [2.75, 3.05) is 6.54 Å². The predicted octanol–water partition coefficient (Wildman–Crippen LogP) is 5.56. The summed E-state index contributed by atoms with van der Waals surface area (Å²) in [5.41, 5.74) is 2.62. The van der Waals surface area contributed by atoms with Crippen molar-refractivity contribution >= 4 is 38.9 Å². The Balaban J connectivity index is 2.38. The molecule has 0 aliphatic rings. The molecule has 1 nitrogen and oxygen atoms in total. The molecule has 0 aliphatic heterocycles. The molecule has 1 aromatic heterocycles. The lowest BCUT2D eigenvalue weighted by molar-refractivity contribution is 0.603. The van der Waals surface area contributed by atoms with Gasteiger partial charge in [-0.15, -0.1) is 11.3 Å². The topological polar surface area (TPSA) is 12.0 Å². The second kappa shape index (κ2) is 6.89. The molecule has 2 rings (SSSR count). The molecule has 0 spiro atoms. The third-order valence-electron chi connectivity index (χ3n) is 3.05. The highest BCUT2D eigenvalue weighted by Crippen LogP contribution is 2.38. The number of hydrogen-bond acceptors (Lipinski definition) is 2. The molecule has 0 saturated carbocycles. The molecule has 2 aromatic rings. The lowest BCUT2D eigenvalue weighted by Crippen LogP contribution is -2.23. The Labute approximate surface area is 132 Å². The summed E-state index contributed by atoms with van der Waals surface area (Å²) in [5.74, 6) is 0. The van der Waals surface area contributed by atoms with Gasteiger partial charge < -0.3 is 5.32 Å². The van der Waals surface area contributed by atoms with Crippen LogP contribution in [0.5, 0.6) is 0 Å². The molecule has 1 heterocycles.